The maximum Gasteiger partial charge on any atom is 0.323 e. The highest BCUT2D eigenvalue weighted by Gasteiger charge is 2.27. The average Bonchev–Trinajstić information content (AvgIpc) is 3.72. The Morgan fingerprint density at radius 1 is 0.730 bits per heavy atom. The van der Waals surface area contributed by atoms with Crippen molar-refractivity contribution in [2.75, 3.05) is 72.4 Å². The number of benzene rings is 1. The molecule has 194 valence electrons. The van der Waals surface area contributed by atoms with Crippen LogP contribution in [0, 0.1) is 0 Å². The Kier molecular flexibility index (Phi) is 7.10. The van der Waals surface area contributed by atoms with Crippen molar-refractivity contribution in [1.29, 1.82) is 0 Å². The molecule has 0 aliphatic carbocycles. The van der Waals surface area contributed by atoms with Gasteiger partial charge in [0.25, 0.3) is 0 Å². The van der Waals surface area contributed by atoms with Gasteiger partial charge in [-0.05, 0) is 37.8 Å². The summed E-state index contributed by atoms with van der Waals surface area (Å²) in [7, 11) is 0. The number of hydrogen-bond donors (Lipinski definition) is 1. The molecule has 3 fully saturated rings. The first-order valence-corrected chi connectivity index (χ1v) is 14.6. The monoisotopic (exact) mass is 583 g/mol. The van der Waals surface area contributed by atoms with Gasteiger partial charge in [-0.15, -0.1) is 11.3 Å². The number of rotatable bonds is 5. The third-order valence-corrected chi connectivity index (χ3v) is 8.37. The van der Waals surface area contributed by atoms with E-state index in [1.54, 1.807) is 0 Å². The average molecular weight is 585 g/mol. The number of thiazole rings is 1. The van der Waals surface area contributed by atoms with E-state index in [-0.39, 0.29) is 6.03 Å². The number of amides is 2. The Bertz CT molecular complexity index is 1200. The molecule has 3 aliphatic heterocycles. The van der Waals surface area contributed by atoms with Crippen LogP contribution in [0.4, 0.5) is 27.8 Å². The fraction of sp³-hybridized carbons (Fsp3) is 0.480. The predicted molar refractivity (Wildman–Crippen MR) is 151 cm³/mol. The van der Waals surface area contributed by atoms with Gasteiger partial charge in [0.05, 0.1) is 5.69 Å². The van der Waals surface area contributed by atoms with Crippen molar-refractivity contribution in [3.8, 4) is 11.3 Å². The van der Waals surface area contributed by atoms with Gasteiger partial charge in [0.1, 0.15) is 0 Å². The lowest BCUT2D eigenvalue weighted by Crippen LogP contribution is -2.50. The lowest BCUT2D eigenvalue weighted by atomic mass is 10.2. The van der Waals surface area contributed by atoms with Gasteiger partial charge in [-0.2, -0.15) is 15.0 Å². The summed E-state index contributed by atoms with van der Waals surface area (Å²) in [5.41, 5.74) is 1.88. The van der Waals surface area contributed by atoms with E-state index < -0.39 is 0 Å². The lowest BCUT2D eigenvalue weighted by molar-refractivity contribution is 0.208. The van der Waals surface area contributed by atoms with E-state index in [0.29, 0.717) is 31.3 Å². The van der Waals surface area contributed by atoms with Crippen LogP contribution in [-0.2, 0) is 0 Å². The summed E-state index contributed by atoms with van der Waals surface area (Å²) < 4.78 is 1.02. The molecule has 0 unspecified atom stereocenters. The SMILES string of the molecule is O=C(Nc1nc(-c2ccc(Br)cc2)cs1)N1CCN(c2nc(N3CCCC3)nc(N3CCCC3)n2)CC1. The molecule has 0 atom stereocenters. The van der Waals surface area contributed by atoms with Crippen LogP contribution in [0.5, 0.6) is 0 Å². The molecule has 1 N–H and O–H groups in total. The van der Waals surface area contributed by atoms with E-state index in [9.17, 15) is 4.79 Å². The summed E-state index contributed by atoms with van der Waals surface area (Å²) in [6, 6.07) is 7.87. The first-order chi connectivity index (χ1) is 18.1. The minimum absolute atomic E-state index is 0.123. The van der Waals surface area contributed by atoms with Crippen molar-refractivity contribution in [2.45, 2.75) is 25.7 Å². The Hall–Kier alpha value is -2.99. The van der Waals surface area contributed by atoms with E-state index in [1.807, 2.05) is 34.5 Å². The number of carbonyl (C=O) groups is 1. The number of anilines is 4. The van der Waals surface area contributed by atoms with Crippen molar-refractivity contribution in [2.24, 2.45) is 0 Å². The van der Waals surface area contributed by atoms with E-state index in [0.717, 1.165) is 59.8 Å². The highest BCUT2D eigenvalue weighted by atomic mass is 79.9. The Labute approximate surface area is 228 Å². The number of urea groups is 1. The zero-order chi connectivity index (χ0) is 25.2. The molecule has 0 spiro atoms. The number of carbonyl (C=O) groups excluding carboxylic acids is 1. The van der Waals surface area contributed by atoms with Crippen LogP contribution < -0.4 is 20.0 Å². The second kappa shape index (κ2) is 10.8. The minimum Gasteiger partial charge on any atom is -0.341 e. The van der Waals surface area contributed by atoms with E-state index in [2.05, 4.69) is 40.9 Å². The van der Waals surface area contributed by atoms with Gasteiger partial charge in [-0.3, -0.25) is 5.32 Å². The van der Waals surface area contributed by atoms with Gasteiger partial charge >= 0.3 is 6.03 Å². The third kappa shape index (κ3) is 5.49. The topological polar surface area (TPSA) is 93.6 Å². The largest absolute Gasteiger partial charge is 0.341 e. The number of nitrogens with zero attached hydrogens (tertiary/aromatic N) is 8. The van der Waals surface area contributed by atoms with Crippen LogP contribution in [0.25, 0.3) is 11.3 Å². The standard InChI is InChI=1S/C25H30BrN9OS/c26-19-7-5-18(6-8-19)20-17-37-24(27-20)31-25(36)35-15-13-34(14-16-35)23-29-21(32-9-1-2-10-32)28-22(30-23)33-11-3-4-12-33/h5-8,17H,1-4,9-16H2,(H,27,31,36). The molecule has 3 aliphatic rings. The second-order valence-electron chi connectivity index (χ2n) is 9.57. The molecule has 6 rings (SSSR count). The molecular weight excluding hydrogens is 554 g/mol. The summed E-state index contributed by atoms with van der Waals surface area (Å²) in [6.45, 7) is 6.54. The van der Waals surface area contributed by atoms with Gasteiger partial charge < -0.3 is 19.6 Å². The minimum atomic E-state index is -0.123. The molecule has 0 bridgehead atoms. The Morgan fingerprint density at radius 2 is 1.24 bits per heavy atom. The highest BCUT2D eigenvalue weighted by Crippen LogP contribution is 2.27. The summed E-state index contributed by atoms with van der Waals surface area (Å²) in [4.78, 5) is 40.7. The van der Waals surface area contributed by atoms with Crippen LogP contribution in [-0.4, -0.2) is 83.2 Å². The van der Waals surface area contributed by atoms with Gasteiger partial charge in [-0.25, -0.2) is 9.78 Å². The molecule has 2 aromatic heterocycles. The van der Waals surface area contributed by atoms with Crippen molar-refractivity contribution < 1.29 is 4.79 Å². The van der Waals surface area contributed by atoms with Gasteiger partial charge in [0.2, 0.25) is 17.8 Å². The summed E-state index contributed by atoms with van der Waals surface area (Å²) in [5.74, 6) is 2.29. The first kappa shape index (κ1) is 24.4. The van der Waals surface area contributed by atoms with Crippen LogP contribution in [0.3, 0.4) is 0 Å². The maximum atomic E-state index is 13.0. The lowest BCUT2D eigenvalue weighted by Gasteiger charge is -2.35. The van der Waals surface area contributed by atoms with E-state index in [4.69, 9.17) is 15.0 Å². The van der Waals surface area contributed by atoms with E-state index >= 15 is 0 Å². The number of aromatic nitrogens is 4. The summed E-state index contributed by atoms with van der Waals surface area (Å²) in [5, 5.41) is 5.54. The smallest absolute Gasteiger partial charge is 0.323 e. The molecule has 12 heteroatoms. The fourth-order valence-electron chi connectivity index (χ4n) is 4.97. The Morgan fingerprint density at radius 3 is 1.78 bits per heavy atom. The van der Waals surface area contributed by atoms with Crippen molar-refractivity contribution in [3.63, 3.8) is 0 Å². The van der Waals surface area contributed by atoms with Crippen molar-refractivity contribution >= 4 is 56.3 Å². The molecule has 2 amide bonds. The van der Waals surface area contributed by atoms with Gasteiger partial charge in [0.15, 0.2) is 5.13 Å². The van der Waals surface area contributed by atoms with Crippen LogP contribution in [0.15, 0.2) is 34.1 Å². The maximum absolute atomic E-state index is 13.0. The molecule has 5 heterocycles. The van der Waals surface area contributed by atoms with Crippen LogP contribution in [0.1, 0.15) is 25.7 Å². The van der Waals surface area contributed by atoms with Crippen molar-refractivity contribution in [3.05, 3.63) is 34.1 Å². The molecule has 3 saturated heterocycles. The second-order valence-corrected chi connectivity index (χ2v) is 11.3. The first-order valence-electron chi connectivity index (χ1n) is 12.9. The van der Waals surface area contributed by atoms with Gasteiger partial charge in [0, 0.05) is 67.8 Å². The number of hydrogen-bond acceptors (Lipinski definition) is 9. The molecule has 0 radical (unpaired) electrons. The molecular formula is C25H30BrN9OS. The highest BCUT2D eigenvalue weighted by molar-refractivity contribution is 9.10. The van der Waals surface area contributed by atoms with Gasteiger partial charge in [-0.1, -0.05) is 28.1 Å². The number of halogens is 1. The molecule has 3 aromatic rings. The normalized spacial score (nSPS) is 18.1. The Balaban J connectivity index is 1.10. The van der Waals surface area contributed by atoms with E-state index in [1.165, 1.54) is 37.0 Å². The quantitative estimate of drug-likeness (QED) is 0.475. The zero-order valence-electron chi connectivity index (χ0n) is 20.6. The van der Waals surface area contributed by atoms with Crippen molar-refractivity contribution in [1.82, 2.24) is 24.8 Å². The molecule has 10 nitrogen and oxygen atoms in total. The molecule has 1 aromatic carbocycles. The number of piperazine rings is 1. The molecule has 0 saturated carbocycles. The third-order valence-electron chi connectivity index (χ3n) is 7.09. The van der Waals surface area contributed by atoms with Crippen LogP contribution in [0.2, 0.25) is 0 Å². The zero-order valence-corrected chi connectivity index (χ0v) is 23.0. The fourth-order valence-corrected chi connectivity index (χ4v) is 5.94. The van der Waals surface area contributed by atoms with Crippen LogP contribution >= 0.6 is 27.3 Å². The number of nitrogens with one attached hydrogen (secondary N) is 1. The predicted octanol–water partition coefficient (Wildman–Crippen LogP) is 4.31. The summed E-state index contributed by atoms with van der Waals surface area (Å²) >= 11 is 4.90. The summed E-state index contributed by atoms with van der Waals surface area (Å²) in [6.07, 6.45) is 4.71. The molecule has 37 heavy (non-hydrogen) atoms.